The Bertz CT molecular complexity index is 1460. The van der Waals surface area contributed by atoms with Crippen LogP contribution in [0.3, 0.4) is 0 Å². The van der Waals surface area contributed by atoms with Crippen molar-refractivity contribution in [2.75, 3.05) is 32.6 Å². The van der Waals surface area contributed by atoms with Crippen LogP contribution in [0.5, 0.6) is 11.5 Å². The number of likely N-dealkylation sites (N-methyl/N-ethyl adjacent to an activating group) is 1. The number of nitrogens with zero attached hydrogens (tertiary/aromatic N) is 2. The lowest BCUT2D eigenvalue weighted by atomic mass is 9.80. The number of aromatic nitrogens is 1. The van der Waals surface area contributed by atoms with Gasteiger partial charge in [-0.1, -0.05) is 45.2 Å². The van der Waals surface area contributed by atoms with Crippen LogP contribution in [0, 0.1) is 17.8 Å². The molecule has 1 aliphatic heterocycles. The molecule has 2 amide bonds. The van der Waals surface area contributed by atoms with E-state index in [1.807, 2.05) is 67.0 Å². The summed E-state index contributed by atoms with van der Waals surface area (Å²) in [7, 11) is 3.75. The number of ketones is 1. The van der Waals surface area contributed by atoms with Gasteiger partial charge in [0.15, 0.2) is 0 Å². The van der Waals surface area contributed by atoms with E-state index in [9.17, 15) is 9.59 Å². The van der Waals surface area contributed by atoms with Crippen LogP contribution in [-0.2, 0) is 29.1 Å². The maximum absolute atomic E-state index is 14.1. The molecule has 1 fully saturated rings. The number of methoxy groups -OCH3 is 1. The predicted octanol–water partition coefficient (Wildman–Crippen LogP) is 7.04. The molecule has 4 atom stereocenters. The summed E-state index contributed by atoms with van der Waals surface area (Å²) in [6.45, 7) is 6.69. The van der Waals surface area contributed by atoms with Crippen LogP contribution in [0.2, 0.25) is 0 Å². The maximum Gasteiger partial charge on any atom is 0.319 e. The Morgan fingerprint density at radius 3 is 2.52 bits per heavy atom. The summed E-state index contributed by atoms with van der Waals surface area (Å²) in [4.78, 5) is 33.4. The van der Waals surface area contributed by atoms with Crippen LogP contribution >= 0.6 is 0 Å². The van der Waals surface area contributed by atoms with Gasteiger partial charge in [0, 0.05) is 55.1 Å². The molecule has 3 aromatic rings. The van der Waals surface area contributed by atoms with Gasteiger partial charge in [-0.25, -0.2) is 4.79 Å². The van der Waals surface area contributed by atoms with Crippen LogP contribution in [0.1, 0.15) is 69.1 Å². The Hall–Kier alpha value is -3.95. The summed E-state index contributed by atoms with van der Waals surface area (Å²) in [6.07, 6.45) is 9.95. The van der Waals surface area contributed by atoms with E-state index in [1.165, 1.54) is 12.0 Å². The second-order valence-corrected chi connectivity index (χ2v) is 13.8. The third-order valence-corrected chi connectivity index (χ3v) is 9.76. The molecule has 1 aromatic heterocycles. The zero-order valence-corrected chi connectivity index (χ0v) is 29.0. The third-order valence-electron chi connectivity index (χ3n) is 9.76. The number of nitrogens with one attached hydrogen (secondary N) is 2. The van der Waals surface area contributed by atoms with Crippen molar-refractivity contribution in [2.24, 2.45) is 17.8 Å². The molecule has 1 unspecified atom stereocenters. The summed E-state index contributed by atoms with van der Waals surface area (Å²) < 4.78 is 18.2. The zero-order valence-electron chi connectivity index (χ0n) is 29.0. The van der Waals surface area contributed by atoms with E-state index in [2.05, 4.69) is 41.4 Å². The second-order valence-electron chi connectivity index (χ2n) is 13.8. The van der Waals surface area contributed by atoms with Gasteiger partial charge >= 0.3 is 6.03 Å². The number of benzene rings is 2. The number of hydrogen-bond donors (Lipinski definition) is 2. The highest BCUT2D eigenvalue weighted by atomic mass is 16.5. The number of carbonyl (C=O) groups excluding carboxylic acids is 2. The molecule has 9 nitrogen and oxygen atoms in total. The van der Waals surface area contributed by atoms with Crippen molar-refractivity contribution in [1.29, 1.82) is 0 Å². The normalized spacial score (nSPS) is 20.9. The monoisotopic (exact) mass is 656 g/mol. The fraction of sp³-hybridized carbons (Fsp3) is 0.513. The first-order valence-corrected chi connectivity index (χ1v) is 17.4. The number of Topliss-reactive ketones (excluding diaryl/α,β-unsaturated/α-hetero) is 1. The summed E-state index contributed by atoms with van der Waals surface area (Å²) in [5.41, 5.74) is 3.69. The lowest BCUT2D eigenvalue weighted by molar-refractivity contribution is -0.125. The van der Waals surface area contributed by atoms with Gasteiger partial charge in [-0.05, 0) is 91.7 Å². The Balaban J connectivity index is 1.32. The van der Waals surface area contributed by atoms with Crippen molar-refractivity contribution >= 4 is 17.5 Å². The van der Waals surface area contributed by atoms with Crippen LogP contribution in [0.4, 0.5) is 10.5 Å². The number of pyridine rings is 1. The van der Waals surface area contributed by atoms with Crippen LogP contribution < -0.4 is 20.1 Å². The van der Waals surface area contributed by atoms with Crippen LogP contribution in [0.15, 0.2) is 67.0 Å². The first kappa shape index (κ1) is 35.4. The first-order valence-electron chi connectivity index (χ1n) is 17.4. The Morgan fingerprint density at radius 2 is 1.79 bits per heavy atom. The van der Waals surface area contributed by atoms with Gasteiger partial charge in [-0.2, -0.15) is 0 Å². The Kier molecular flexibility index (Phi) is 12.9. The van der Waals surface area contributed by atoms with Gasteiger partial charge in [-0.3, -0.25) is 14.7 Å². The number of amides is 2. The van der Waals surface area contributed by atoms with Crippen molar-refractivity contribution < 1.29 is 23.8 Å². The number of hydrogen-bond acceptors (Lipinski definition) is 7. The Labute approximate surface area is 285 Å². The number of anilines is 1. The van der Waals surface area contributed by atoms with Crippen LogP contribution in [-0.4, -0.2) is 61.2 Å². The molecule has 48 heavy (non-hydrogen) atoms. The molecule has 5 rings (SSSR count). The minimum Gasteiger partial charge on any atom is -0.497 e. The summed E-state index contributed by atoms with van der Waals surface area (Å²) in [5, 5.41) is 6.14. The van der Waals surface area contributed by atoms with E-state index in [-0.39, 0.29) is 48.1 Å². The molecule has 2 aliphatic rings. The molecule has 1 saturated carbocycles. The van der Waals surface area contributed by atoms with Gasteiger partial charge in [0.1, 0.15) is 23.4 Å². The number of ether oxygens (including phenoxy) is 3. The second kappa shape index (κ2) is 17.4. The molecule has 2 aromatic carbocycles. The highest BCUT2D eigenvalue weighted by molar-refractivity contribution is 5.90. The largest absolute Gasteiger partial charge is 0.497 e. The summed E-state index contributed by atoms with van der Waals surface area (Å²) >= 11 is 0. The van der Waals surface area contributed by atoms with Gasteiger partial charge in [0.2, 0.25) is 0 Å². The van der Waals surface area contributed by atoms with Gasteiger partial charge in [-0.15, -0.1) is 0 Å². The standard InChI is InChI=1S/C39H52N4O5/c1-27-20-35(28(2)25-47-26-30-10-13-34(46-4)14-11-30)36(44)22-31-21-33(42-39(45)41-32-8-6-5-7-9-32)12-15-37(31)48-38(27)24-43(3)23-29-16-18-40-19-17-29/h10-19,21,27-28,32,35,38H,5-9,20,22-26H2,1-4H3,(H2,41,42,45)/t27-,28+,35?,38+/m1/s1. The molecular weight excluding hydrogens is 604 g/mol. The highest BCUT2D eigenvalue weighted by Crippen LogP contribution is 2.34. The predicted molar refractivity (Wildman–Crippen MR) is 188 cm³/mol. The quantitative estimate of drug-likeness (QED) is 0.216. The number of fused-ring (bicyclic) bond motifs is 1. The molecule has 2 heterocycles. The van der Waals surface area contributed by atoms with Crippen molar-refractivity contribution in [1.82, 2.24) is 15.2 Å². The molecule has 9 heteroatoms. The topological polar surface area (TPSA) is 102 Å². The number of carbonyl (C=O) groups is 2. The van der Waals surface area contributed by atoms with Crippen molar-refractivity contribution in [3.8, 4) is 11.5 Å². The van der Waals surface area contributed by atoms with Crippen molar-refractivity contribution in [3.05, 3.63) is 83.7 Å². The molecule has 0 spiro atoms. The van der Waals surface area contributed by atoms with Gasteiger partial charge in [0.25, 0.3) is 0 Å². The Morgan fingerprint density at radius 1 is 1.04 bits per heavy atom. The van der Waals surface area contributed by atoms with E-state index < -0.39 is 0 Å². The lowest BCUT2D eigenvalue weighted by Crippen LogP contribution is -2.39. The lowest BCUT2D eigenvalue weighted by Gasteiger charge is -2.32. The highest BCUT2D eigenvalue weighted by Gasteiger charge is 2.34. The maximum atomic E-state index is 14.1. The van der Waals surface area contributed by atoms with E-state index in [0.717, 1.165) is 49.1 Å². The first-order chi connectivity index (χ1) is 23.3. The molecule has 0 saturated heterocycles. The molecule has 2 N–H and O–H groups in total. The summed E-state index contributed by atoms with van der Waals surface area (Å²) in [5.74, 6) is 1.58. The van der Waals surface area contributed by atoms with Crippen LogP contribution in [0.25, 0.3) is 0 Å². The van der Waals surface area contributed by atoms with Gasteiger partial charge < -0.3 is 24.8 Å². The zero-order chi connectivity index (χ0) is 33.9. The SMILES string of the molecule is COc1ccc(COC[C@H](C)C2C[C@@H](C)[C@H](CN(C)Cc3ccncc3)Oc3ccc(NC(=O)NC4CCCCC4)cc3CC2=O)cc1. The average Bonchev–Trinajstić information content (AvgIpc) is 3.13. The van der Waals surface area contributed by atoms with Gasteiger partial charge in [0.05, 0.1) is 20.3 Å². The van der Waals surface area contributed by atoms with E-state index >= 15 is 0 Å². The molecule has 1 aliphatic carbocycles. The minimum absolute atomic E-state index is 0.0116. The fourth-order valence-corrected chi connectivity index (χ4v) is 6.93. The minimum atomic E-state index is -0.207. The molecule has 0 radical (unpaired) electrons. The molecular formula is C39H52N4O5. The van der Waals surface area contributed by atoms with Crippen molar-refractivity contribution in [3.63, 3.8) is 0 Å². The average molecular weight is 657 g/mol. The smallest absolute Gasteiger partial charge is 0.319 e. The van der Waals surface area contributed by atoms with E-state index in [0.29, 0.717) is 37.6 Å². The fourth-order valence-electron chi connectivity index (χ4n) is 6.93. The molecule has 258 valence electrons. The number of urea groups is 1. The summed E-state index contributed by atoms with van der Waals surface area (Å²) in [6, 6.07) is 17.6. The van der Waals surface area contributed by atoms with E-state index in [4.69, 9.17) is 14.2 Å². The van der Waals surface area contributed by atoms with Crippen molar-refractivity contribution in [2.45, 2.75) is 84.1 Å². The molecule has 0 bridgehead atoms. The number of rotatable bonds is 12. The van der Waals surface area contributed by atoms with E-state index in [1.54, 1.807) is 7.11 Å². The third kappa shape index (κ3) is 10.3.